The zero-order chi connectivity index (χ0) is 21.2. The molecule has 0 radical (unpaired) electrons. The van der Waals surface area contributed by atoms with Crippen LogP contribution in [-0.4, -0.2) is 61.1 Å². The molecular formula is C21H32N4O4. The number of ether oxygens (including phenoxy) is 1. The molecular weight excluding hydrogens is 372 g/mol. The van der Waals surface area contributed by atoms with E-state index in [4.69, 9.17) is 10.5 Å². The molecule has 1 aliphatic rings. The summed E-state index contributed by atoms with van der Waals surface area (Å²) in [5.41, 5.74) is 6.57. The van der Waals surface area contributed by atoms with Crippen LogP contribution in [0.4, 0.5) is 4.79 Å². The second-order valence-corrected chi connectivity index (χ2v) is 7.72. The van der Waals surface area contributed by atoms with Crippen LogP contribution < -0.4 is 16.4 Å². The second kappa shape index (κ2) is 11.4. The minimum atomic E-state index is -0.794. The van der Waals surface area contributed by atoms with Crippen molar-refractivity contribution in [2.75, 3.05) is 26.3 Å². The van der Waals surface area contributed by atoms with Crippen molar-refractivity contribution in [3.05, 3.63) is 35.9 Å². The Kier molecular flexibility index (Phi) is 8.92. The molecule has 2 atom stereocenters. The van der Waals surface area contributed by atoms with Gasteiger partial charge in [-0.15, -0.1) is 0 Å². The molecule has 1 aromatic carbocycles. The molecule has 160 valence electrons. The molecule has 0 spiro atoms. The normalized spacial score (nSPS) is 16.2. The summed E-state index contributed by atoms with van der Waals surface area (Å²) < 4.78 is 5.26. The topological polar surface area (TPSA) is 114 Å². The van der Waals surface area contributed by atoms with Crippen molar-refractivity contribution < 1.29 is 19.1 Å². The van der Waals surface area contributed by atoms with E-state index in [0.29, 0.717) is 45.6 Å². The molecule has 1 aliphatic heterocycles. The third-order valence-corrected chi connectivity index (χ3v) is 4.84. The lowest BCUT2D eigenvalue weighted by atomic mass is 10.0. The number of urea groups is 1. The highest BCUT2D eigenvalue weighted by Crippen LogP contribution is 2.09. The van der Waals surface area contributed by atoms with Crippen LogP contribution in [0.3, 0.4) is 0 Å². The summed E-state index contributed by atoms with van der Waals surface area (Å²) >= 11 is 0. The van der Waals surface area contributed by atoms with Crippen molar-refractivity contribution >= 4 is 17.8 Å². The van der Waals surface area contributed by atoms with Gasteiger partial charge < -0.3 is 26.0 Å². The first kappa shape index (κ1) is 22.7. The van der Waals surface area contributed by atoms with Crippen molar-refractivity contribution in [2.24, 2.45) is 11.7 Å². The summed E-state index contributed by atoms with van der Waals surface area (Å²) in [6.45, 7) is 5.89. The first-order chi connectivity index (χ1) is 13.9. The first-order valence-electron chi connectivity index (χ1n) is 10.1. The molecule has 4 amide bonds. The van der Waals surface area contributed by atoms with Crippen molar-refractivity contribution in [1.29, 1.82) is 0 Å². The molecule has 0 bridgehead atoms. The zero-order valence-electron chi connectivity index (χ0n) is 17.2. The van der Waals surface area contributed by atoms with Gasteiger partial charge in [0.15, 0.2) is 0 Å². The molecule has 0 aliphatic carbocycles. The van der Waals surface area contributed by atoms with Crippen LogP contribution in [0.25, 0.3) is 0 Å². The summed E-state index contributed by atoms with van der Waals surface area (Å²) in [5, 5.41) is 5.53. The number of carbonyl (C=O) groups excluding carboxylic acids is 3. The largest absolute Gasteiger partial charge is 0.378 e. The van der Waals surface area contributed by atoms with Gasteiger partial charge in [0.1, 0.15) is 12.1 Å². The molecule has 8 nitrogen and oxygen atoms in total. The molecule has 1 aromatic rings. The minimum Gasteiger partial charge on any atom is -0.378 e. The van der Waals surface area contributed by atoms with Crippen molar-refractivity contribution in [1.82, 2.24) is 15.5 Å². The second-order valence-electron chi connectivity index (χ2n) is 7.72. The maximum Gasteiger partial charge on any atom is 0.318 e. The molecule has 0 saturated carbocycles. The lowest BCUT2D eigenvalue weighted by molar-refractivity contribution is -0.128. The number of hydrogen-bond acceptors (Lipinski definition) is 4. The Morgan fingerprint density at radius 3 is 2.31 bits per heavy atom. The highest BCUT2D eigenvalue weighted by molar-refractivity contribution is 5.91. The fraction of sp³-hybridized carbons (Fsp3) is 0.571. The molecule has 29 heavy (non-hydrogen) atoms. The van der Waals surface area contributed by atoms with Crippen molar-refractivity contribution in [3.63, 3.8) is 0 Å². The van der Waals surface area contributed by atoms with E-state index in [1.807, 2.05) is 44.2 Å². The van der Waals surface area contributed by atoms with Gasteiger partial charge in [-0.05, 0) is 30.7 Å². The summed E-state index contributed by atoms with van der Waals surface area (Å²) in [5.74, 6) is -0.790. The van der Waals surface area contributed by atoms with Crippen LogP contribution in [0.1, 0.15) is 32.3 Å². The number of nitrogens with two attached hydrogens (primary N) is 1. The first-order valence-corrected chi connectivity index (χ1v) is 10.1. The summed E-state index contributed by atoms with van der Waals surface area (Å²) in [7, 11) is 0. The number of primary amides is 1. The average Bonchev–Trinajstić information content (AvgIpc) is 2.71. The van der Waals surface area contributed by atoms with Crippen LogP contribution in [0.2, 0.25) is 0 Å². The van der Waals surface area contributed by atoms with Gasteiger partial charge >= 0.3 is 6.03 Å². The predicted molar refractivity (Wildman–Crippen MR) is 110 cm³/mol. The summed E-state index contributed by atoms with van der Waals surface area (Å²) in [4.78, 5) is 38.9. The van der Waals surface area contributed by atoms with E-state index in [0.717, 1.165) is 5.56 Å². The highest BCUT2D eigenvalue weighted by atomic mass is 16.5. The Bertz CT molecular complexity index is 675. The number of benzene rings is 1. The van der Waals surface area contributed by atoms with Crippen LogP contribution >= 0.6 is 0 Å². The lowest BCUT2D eigenvalue weighted by Gasteiger charge is -2.30. The van der Waals surface area contributed by atoms with E-state index >= 15 is 0 Å². The third kappa shape index (κ3) is 7.73. The number of aryl methyl sites for hydroxylation is 1. The van der Waals surface area contributed by atoms with E-state index in [1.54, 1.807) is 4.90 Å². The number of hydrogen-bond donors (Lipinski definition) is 3. The van der Waals surface area contributed by atoms with Gasteiger partial charge in [0.2, 0.25) is 11.8 Å². The van der Waals surface area contributed by atoms with Gasteiger partial charge in [-0.2, -0.15) is 0 Å². The van der Waals surface area contributed by atoms with E-state index in [2.05, 4.69) is 10.6 Å². The van der Waals surface area contributed by atoms with Gasteiger partial charge in [0.05, 0.1) is 13.2 Å². The Morgan fingerprint density at radius 2 is 1.72 bits per heavy atom. The molecule has 1 heterocycles. The SMILES string of the molecule is CC(C)C[C@@H](NC(=O)N1CCOCC1)C(=O)N[C@H](CCc1ccccc1)C(N)=O. The average molecular weight is 405 g/mol. The van der Waals surface area contributed by atoms with Crippen LogP contribution in [0.5, 0.6) is 0 Å². The Balaban J connectivity index is 1.97. The smallest absolute Gasteiger partial charge is 0.318 e. The number of amides is 4. The third-order valence-electron chi connectivity index (χ3n) is 4.84. The maximum atomic E-state index is 12.8. The number of rotatable bonds is 9. The number of nitrogens with zero attached hydrogens (tertiary/aromatic N) is 1. The lowest BCUT2D eigenvalue weighted by Crippen LogP contribution is -2.56. The van der Waals surface area contributed by atoms with Crippen molar-refractivity contribution in [3.8, 4) is 0 Å². The summed E-state index contributed by atoms with van der Waals surface area (Å²) in [6.07, 6.45) is 1.48. The molecule has 8 heteroatoms. The fourth-order valence-electron chi connectivity index (χ4n) is 3.22. The van der Waals surface area contributed by atoms with E-state index in [9.17, 15) is 14.4 Å². The van der Waals surface area contributed by atoms with Crippen LogP contribution in [0.15, 0.2) is 30.3 Å². The monoisotopic (exact) mass is 404 g/mol. The van der Waals surface area contributed by atoms with Gasteiger partial charge in [-0.25, -0.2) is 4.79 Å². The Morgan fingerprint density at radius 1 is 1.07 bits per heavy atom. The molecule has 4 N–H and O–H groups in total. The van der Waals surface area contributed by atoms with Crippen LogP contribution in [0, 0.1) is 5.92 Å². The molecule has 0 aromatic heterocycles. The Hall–Kier alpha value is -2.61. The zero-order valence-corrected chi connectivity index (χ0v) is 17.2. The summed E-state index contributed by atoms with van der Waals surface area (Å²) in [6, 6.07) is 7.87. The van der Waals surface area contributed by atoms with Crippen molar-refractivity contribution in [2.45, 2.75) is 45.2 Å². The predicted octanol–water partition coefficient (Wildman–Crippen LogP) is 1.05. The van der Waals surface area contributed by atoms with Gasteiger partial charge in [-0.3, -0.25) is 9.59 Å². The number of morpholine rings is 1. The number of nitrogens with one attached hydrogen (secondary N) is 2. The standard InChI is InChI=1S/C21H32N4O4/c1-15(2)14-18(24-21(28)25-10-12-29-13-11-25)20(27)23-17(19(22)26)9-8-16-6-4-3-5-7-16/h3-7,15,17-18H,8-14H2,1-2H3,(H2,22,26)(H,23,27)(H,24,28)/t17-,18-/m1/s1. The number of carbonyl (C=O) groups is 3. The van der Waals surface area contributed by atoms with E-state index < -0.39 is 23.9 Å². The van der Waals surface area contributed by atoms with E-state index in [-0.39, 0.29) is 11.9 Å². The van der Waals surface area contributed by atoms with Gasteiger partial charge in [0.25, 0.3) is 0 Å². The minimum absolute atomic E-state index is 0.187. The van der Waals surface area contributed by atoms with Gasteiger partial charge in [0, 0.05) is 13.1 Å². The van der Waals surface area contributed by atoms with Gasteiger partial charge in [-0.1, -0.05) is 44.2 Å². The van der Waals surface area contributed by atoms with Crippen LogP contribution in [-0.2, 0) is 20.7 Å². The molecule has 1 saturated heterocycles. The molecule has 2 rings (SSSR count). The highest BCUT2D eigenvalue weighted by Gasteiger charge is 2.28. The maximum absolute atomic E-state index is 12.8. The van der Waals surface area contributed by atoms with E-state index in [1.165, 1.54) is 0 Å². The molecule has 0 unspecified atom stereocenters. The quantitative estimate of drug-likeness (QED) is 0.571. The molecule has 1 fully saturated rings. The Labute approximate surface area is 172 Å². The fourth-order valence-corrected chi connectivity index (χ4v) is 3.22.